The molecule has 0 aliphatic carbocycles. The zero-order valence-corrected chi connectivity index (χ0v) is 12.2. The molecule has 0 saturated heterocycles. The molecule has 9 heteroatoms. The van der Waals surface area contributed by atoms with Gasteiger partial charge in [-0.1, -0.05) is 23.4 Å². The van der Waals surface area contributed by atoms with Gasteiger partial charge in [0.05, 0.1) is 0 Å². The summed E-state index contributed by atoms with van der Waals surface area (Å²) in [6, 6.07) is 5.83. The lowest BCUT2D eigenvalue weighted by atomic mass is 10.2. The van der Waals surface area contributed by atoms with E-state index in [1.54, 1.807) is 6.07 Å². The first-order valence-corrected chi connectivity index (χ1v) is 7.06. The third-order valence-electron chi connectivity index (χ3n) is 2.34. The summed E-state index contributed by atoms with van der Waals surface area (Å²) in [6.45, 7) is -2.91. The van der Waals surface area contributed by atoms with Gasteiger partial charge in [-0.15, -0.1) is 0 Å². The molecule has 2 aromatic rings. The van der Waals surface area contributed by atoms with Gasteiger partial charge in [0.2, 0.25) is 0 Å². The van der Waals surface area contributed by atoms with Gasteiger partial charge in [-0.2, -0.15) is 8.78 Å². The largest absolute Gasteiger partial charge is 0.435 e. The fourth-order valence-electron chi connectivity index (χ4n) is 1.54. The summed E-state index contributed by atoms with van der Waals surface area (Å²) < 4.78 is 29.1. The van der Waals surface area contributed by atoms with Crippen LogP contribution in [0.15, 0.2) is 29.4 Å². The van der Waals surface area contributed by atoms with Crippen LogP contribution in [0.25, 0.3) is 0 Å². The Morgan fingerprint density at radius 2 is 1.86 bits per heavy atom. The van der Waals surface area contributed by atoms with Crippen molar-refractivity contribution in [1.29, 1.82) is 0 Å². The van der Waals surface area contributed by atoms with Gasteiger partial charge in [0.15, 0.2) is 5.16 Å². The van der Waals surface area contributed by atoms with Crippen LogP contribution in [0, 0.1) is 0 Å². The number of thioether (sulfide) groups is 1. The number of ether oxygens (including phenoxy) is 1. The average Bonchev–Trinajstić information content (AvgIpc) is 2.37. The molecule has 0 aliphatic rings. The Kier molecular flexibility index (Phi) is 5.03. The summed E-state index contributed by atoms with van der Waals surface area (Å²) in [7, 11) is 0. The molecule has 0 unspecified atom stereocenters. The first kappa shape index (κ1) is 15.6. The molecule has 0 spiro atoms. The van der Waals surface area contributed by atoms with E-state index < -0.39 is 6.61 Å². The number of anilines is 2. The molecular weight excluding hydrogens is 322 g/mol. The third-order valence-corrected chi connectivity index (χ3v) is 3.47. The molecule has 1 aromatic heterocycles. The molecule has 0 aliphatic heterocycles. The molecule has 0 amide bonds. The van der Waals surface area contributed by atoms with Gasteiger partial charge in [-0.25, -0.2) is 9.97 Å². The second-order valence-electron chi connectivity index (χ2n) is 3.92. The van der Waals surface area contributed by atoms with Crippen molar-refractivity contribution in [3.63, 3.8) is 0 Å². The van der Waals surface area contributed by atoms with Crippen LogP contribution < -0.4 is 16.2 Å². The predicted molar refractivity (Wildman–Crippen MR) is 78.5 cm³/mol. The van der Waals surface area contributed by atoms with Crippen molar-refractivity contribution < 1.29 is 13.5 Å². The summed E-state index contributed by atoms with van der Waals surface area (Å²) >= 11 is 7.05. The Balaban J connectivity index is 2.16. The van der Waals surface area contributed by atoms with Crippen LogP contribution in [-0.2, 0) is 5.75 Å². The van der Waals surface area contributed by atoms with Crippen molar-refractivity contribution in [2.75, 3.05) is 11.5 Å². The molecule has 4 N–H and O–H groups in total. The number of hydrogen-bond acceptors (Lipinski definition) is 6. The normalized spacial score (nSPS) is 10.9. The summed E-state index contributed by atoms with van der Waals surface area (Å²) in [4.78, 5) is 7.98. The summed E-state index contributed by atoms with van der Waals surface area (Å²) in [5.74, 6) is 0.810. The van der Waals surface area contributed by atoms with Crippen molar-refractivity contribution in [3.05, 3.63) is 34.9 Å². The van der Waals surface area contributed by atoms with Crippen molar-refractivity contribution in [2.45, 2.75) is 17.5 Å². The Bertz CT molecular complexity index is 624. The number of benzene rings is 1. The van der Waals surface area contributed by atoms with Crippen molar-refractivity contribution in [1.82, 2.24) is 9.97 Å². The fourth-order valence-corrected chi connectivity index (χ4v) is 2.59. The lowest BCUT2D eigenvalue weighted by Gasteiger charge is -2.10. The molecule has 21 heavy (non-hydrogen) atoms. The minimum Gasteiger partial charge on any atom is -0.435 e. The fraction of sp³-hybridized carbons (Fsp3) is 0.167. The van der Waals surface area contributed by atoms with Crippen LogP contribution in [0.4, 0.5) is 20.4 Å². The number of alkyl halides is 2. The molecule has 0 fully saturated rings. The van der Waals surface area contributed by atoms with E-state index in [1.165, 1.54) is 30.0 Å². The van der Waals surface area contributed by atoms with E-state index in [9.17, 15) is 8.78 Å². The maximum Gasteiger partial charge on any atom is 0.387 e. The highest BCUT2D eigenvalue weighted by atomic mass is 35.5. The van der Waals surface area contributed by atoms with Gasteiger partial charge in [0.25, 0.3) is 0 Å². The second kappa shape index (κ2) is 6.77. The minimum absolute atomic E-state index is 0.0544. The van der Waals surface area contributed by atoms with Gasteiger partial charge in [0, 0.05) is 22.4 Å². The quantitative estimate of drug-likeness (QED) is 0.646. The Morgan fingerprint density at radius 3 is 2.48 bits per heavy atom. The Labute approximate surface area is 128 Å². The minimum atomic E-state index is -2.91. The van der Waals surface area contributed by atoms with Crippen LogP contribution in [0.3, 0.4) is 0 Å². The van der Waals surface area contributed by atoms with E-state index >= 15 is 0 Å². The van der Waals surface area contributed by atoms with Crippen LogP contribution >= 0.6 is 23.4 Å². The van der Waals surface area contributed by atoms with Gasteiger partial charge in [-0.3, -0.25) is 0 Å². The Hall–Kier alpha value is -1.80. The average molecular weight is 333 g/mol. The first-order valence-electron chi connectivity index (χ1n) is 5.70. The van der Waals surface area contributed by atoms with Crippen molar-refractivity contribution in [2.24, 2.45) is 0 Å². The summed E-state index contributed by atoms with van der Waals surface area (Å²) in [5, 5.41) is 0.760. The molecule has 5 nitrogen and oxygen atoms in total. The van der Waals surface area contributed by atoms with E-state index in [2.05, 4.69) is 14.7 Å². The number of hydrogen-bond donors (Lipinski definition) is 2. The summed E-state index contributed by atoms with van der Waals surface area (Å²) in [5.41, 5.74) is 11.6. The smallest absolute Gasteiger partial charge is 0.387 e. The zero-order chi connectivity index (χ0) is 15.4. The van der Waals surface area contributed by atoms with E-state index in [0.717, 1.165) is 0 Å². The number of aromatic nitrogens is 2. The van der Waals surface area contributed by atoms with Gasteiger partial charge >= 0.3 is 6.61 Å². The SMILES string of the molecule is Nc1cc(N)nc(SCc2cc(Cl)ccc2OC(F)F)n1. The number of halogens is 3. The van der Waals surface area contributed by atoms with Gasteiger partial charge in [-0.05, 0) is 18.2 Å². The second-order valence-corrected chi connectivity index (χ2v) is 5.30. The molecule has 0 saturated carbocycles. The zero-order valence-electron chi connectivity index (χ0n) is 10.6. The molecule has 1 heterocycles. The molecular formula is C12H11ClF2N4OS. The summed E-state index contributed by atoms with van der Waals surface area (Å²) in [6.07, 6.45) is 0. The molecule has 1 aromatic carbocycles. The maximum atomic E-state index is 12.4. The predicted octanol–water partition coefficient (Wildman–Crippen LogP) is 3.19. The number of rotatable bonds is 5. The lowest BCUT2D eigenvalue weighted by Crippen LogP contribution is -2.04. The monoisotopic (exact) mass is 332 g/mol. The van der Waals surface area contributed by atoms with E-state index in [0.29, 0.717) is 15.7 Å². The van der Waals surface area contributed by atoms with E-state index in [-0.39, 0.29) is 23.1 Å². The topological polar surface area (TPSA) is 87.1 Å². The molecule has 0 atom stereocenters. The molecule has 0 bridgehead atoms. The van der Waals surface area contributed by atoms with Crippen molar-refractivity contribution >= 4 is 35.0 Å². The van der Waals surface area contributed by atoms with Crippen molar-refractivity contribution in [3.8, 4) is 5.75 Å². The van der Waals surface area contributed by atoms with Gasteiger partial charge in [0.1, 0.15) is 17.4 Å². The van der Waals surface area contributed by atoms with E-state index in [1.807, 2.05) is 0 Å². The van der Waals surface area contributed by atoms with Crippen LogP contribution in [0.2, 0.25) is 5.02 Å². The Morgan fingerprint density at radius 1 is 1.19 bits per heavy atom. The molecule has 2 rings (SSSR count). The number of nitrogens with zero attached hydrogens (tertiary/aromatic N) is 2. The highest BCUT2D eigenvalue weighted by Crippen LogP contribution is 2.30. The van der Waals surface area contributed by atoms with Crippen LogP contribution in [0.5, 0.6) is 5.75 Å². The van der Waals surface area contributed by atoms with Crippen LogP contribution in [0.1, 0.15) is 5.56 Å². The maximum absolute atomic E-state index is 12.4. The highest BCUT2D eigenvalue weighted by Gasteiger charge is 2.12. The van der Waals surface area contributed by atoms with E-state index in [4.69, 9.17) is 23.1 Å². The first-order chi connectivity index (χ1) is 9.94. The highest BCUT2D eigenvalue weighted by molar-refractivity contribution is 7.98. The third kappa shape index (κ3) is 4.61. The van der Waals surface area contributed by atoms with Crippen LogP contribution in [-0.4, -0.2) is 16.6 Å². The number of nitrogens with two attached hydrogens (primary N) is 2. The number of nitrogen functional groups attached to an aromatic ring is 2. The lowest BCUT2D eigenvalue weighted by molar-refractivity contribution is -0.0503. The molecule has 0 radical (unpaired) electrons. The van der Waals surface area contributed by atoms with Gasteiger partial charge < -0.3 is 16.2 Å². The molecule has 112 valence electrons. The standard InChI is InChI=1S/C12H11ClF2N4OS/c13-7-1-2-8(20-11(14)15)6(3-7)5-21-12-18-9(16)4-10(17)19-12/h1-4,11H,5H2,(H4,16,17,18,19).